The summed E-state index contributed by atoms with van der Waals surface area (Å²) in [5.74, 6) is -0.208. The predicted octanol–water partition coefficient (Wildman–Crippen LogP) is 3.71. The minimum absolute atomic E-state index is 0.208. The first kappa shape index (κ1) is 17.9. The Hall–Kier alpha value is -2.92. The Bertz CT molecular complexity index is 870. The van der Waals surface area contributed by atoms with E-state index in [-0.39, 0.29) is 5.91 Å². The van der Waals surface area contributed by atoms with Crippen molar-refractivity contribution >= 4 is 23.2 Å². The minimum Gasteiger partial charge on any atom is -0.385 e. The van der Waals surface area contributed by atoms with Crippen molar-refractivity contribution in [3.63, 3.8) is 0 Å². The van der Waals surface area contributed by atoms with Gasteiger partial charge in [-0.2, -0.15) is 0 Å². The van der Waals surface area contributed by atoms with Gasteiger partial charge in [-0.15, -0.1) is 0 Å². The van der Waals surface area contributed by atoms with Crippen molar-refractivity contribution in [2.45, 2.75) is 13.0 Å². The number of hydrogen-bond acceptors (Lipinski definition) is 4. The van der Waals surface area contributed by atoms with Crippen LogP contribution in [0.5, 0.6) is 0 Å². The summed E-state index contributed by atoms with van der Waals surface area (Å²) in [6.07, 6.45) is 5.87. The van der Waals surface area contributed by atoms with Crippen LogP contribution in [0.4, 0.5) is 5.69 Å². The summed E-state index contributed by atoms with van der Waals surface area (Å²) < 4.78 is 0. The lowest BCUT2D eigenvalue weighted by Crippen LogP contribution is -2.24. The zero-order chi connectivity index (χ0) is 18.2. The van der Waals surface area contributed by atoms with Crippen LogP contribution < -0.4 is 10.6 Å². The summed E-state index contributed by atoms with van der Waals surface area (Å²) in [6.45, 7) is 1.18. The van der Waals surface area contributed by atoms with E-state index in [0.717, 1.165) is 34.8 Å². The van der Waals surface area contributed by atoms with Gasteiger partial charge >= 0.3 is 0 Å². The van der Waals surface area contributed by atoms with Crippen LogP contribution in [0.2, 0.25) is 5.02 Å². The summed E-state index contributed by atoms with van der Waals surface area (Å²) in [6, 6.07) is 15.1. The third-order valence-corrected chi connectivity index (χ3v) is 4.06. The first-order valence-corrected chi connectivity index (χ1v) is 8.70. The average molecular weight is 367 g/mol. The number of anilines is 1. The second-order valence-electron chi connectivity index (χ2n) is 5.77. The summed E-state index contributed by atoms with van der Waals surface area (Å²) in [7, 11) is 0. The van der Waals surface area contributed by atoms with Crippen molar-refractivity contribution in [2.75, 3.05) is 11.9 Å². The first-order chi connectivity index (χ1) is 12.7. The van der Waals surface area contributed by atoms with E-state index in [1.165, 1.54) is 0 Å². The normalized spacial score (nSPS) is 10.3. The SMILES string of the molecule is O=C(NCc1ccncc1)c1cc(NCCc2cccc(Cl)c2)ccn1. The summed E-state index contributed by atoms with van der Waals surface area (Å²) in [5.41, 5.74) is 3.39. The Balaban J connectivity index is 1.53. The number of amides is 1. The Kier molecular flexibility index (Phi) is 6.17. The van der Waals surface area contributed by atoms with Crippen LogP contribution in [0.3, 0.4) is 0 Å². The van der Waals surface area contributed by atoms with E-state index in [1.54, 1.807) is 24.7 Å². The van der Waals surface area contributed by atoms with Crippen LogP contribution in [0.25, 0.3) is 0 Å². The van der Waals surface area contributed by atoms with Crippen LogP contribution in [-0.4, -0.2) is 22.4 Å². The highest BCUT2D eigenvalue weighted by Crippen LogP contribution is 2.12. The number of hydrogen-bond donors (Lipinski definition) is 2. The van der Waals surface area contributed by atoms with Crippen molar-refractivity contribution < 1.29 is 4.79 Å². The third-order valence-electron chi connectivity index (χ3n) is 3.83. The van der Waals surface area contributed by atoms with E-state index in [9.17, 15) is 4.79 Å². The van der Waals surface area contributed by atoms with Gasteiger partial charge in [0.2, 0.25) is 0 Å². The molecule has 0 saturated heterocycles. The monoisotopic (exact) mass is 366 g/mol. The van der Waals surface area contributed by atoms with Crippen LogP contribution in [-0.2, 0) is 13.0 Å². The fourth-order valence-electron chi connectivity index (χ4n) is 2.48. The Morgan fingerprint density at radius 3 is 2.65 bits per heavy atom. The maximum Gasteiger partial charge on any atom is 0.270 e. The maximum absolute atomic E-state index is 12.3. The molecule has 132 valence electrons. The first-order valence-electron chi connectivity index (χ1n) is 8.32. The van der Waals surface area contributed by atoms with Crippen LogP contribution >= 0.6 is 11.6 Å². The highest BCUT2D eigenvalue weighted by atomic mass is 35.5. The van der Waals surface area contributed by atoms with Gasteiger partial charge < -0.3 is 10.6 Å². The van der Waals surface area contributed by atoms with Gasteiger partial charge in [-0.05, 0) is 53.9 Å². The van der Waals surface area contributed by atoms with E-state index in [2.05, 4.69) is 20.6 Å². The second-order valence-corrected chi connectivity index (χ2v) is 6.21. The Labute approximate surface area is 157 Å². The lowest BCUT2D eigenvalue weighted by molar-refractivity contribution is 0.0946. The van der Waals surface area contributed by atoms with E-state index in [4.69, 9.17) is 11.6 Å². The third kappa shape index (κ3) is 5.29. The molecule has 0 bridgehead atoms. The van der Waals surface area contributed by atoms with Crippen molar-refractivity contribution in [3.05, 3.63) is 89.0 Å². The van der Waals surface area contributed by atoms with Crippen molar-refractivity contribution in [1.29, 1.82) is 0 Å². The summed E-state index contributed by atoms with van der Waals surface area (Å²) >= 11 is 5.99. The Morgan fingerprint density at radius 1 is 1.00 bits per heavy atom. The molecule has 3 aromatic rings. The zero-order valence-electron chi connectivity index (χ0n) is 14.2. The van der Waals surface area contributed by atoms with E-state index in [1.807, 2.05) is 42.5 Å². The second kappa shape index (κ2) is 8.97. The molecule has 0 unspecified atom stereocenters. The van der Waals surface area contributed by atoms with Gasteiger partial charge in [0, 0.05) is 42.4 Å². The van der Waals surface area contributed by atoms with Gasteiger partial charge in [0.25, 0.3) is 5.91 Å². The topological polar surface area (TPSA) is 66.9 Å². The average Bonchev–Trinajstić information content (AvgIpc) is 2.67. The van der Waals surface area contributed by atoms with Gasteiger partial charge in [0.1, 0.15) is 5.69 Å². The Morgan fingerprint density at radius 2 is 1.85 bits per heavy atom. The molecule has 0 fully saturated rings. The lowest BCUT2D eigenvalue weighted by atomic mass is 10.1. The predicted molar refractivity (Wildman–Crippen MR) is 103 cm³/mol. The molecule has 0 aliphatic heterocycles. The molecular formula is C20H19ClN4O. The lowest BCUT2D eigenvalue weighted by Gasteiger charge is -2.09. The van der Waals surface area contributed by atoms with Gasteiger partial charge in [-0.25, -0.2) is 0 Å². The van der Waals surface area contributed by atoms with Crippen LogP contribution in [0.15, 0.2) is 67.1 Å². The summed E-state index contributed by atoms with van der Waals surface area (Å²) in [5, 5.41) is 6.90. The summed E-state index contributed by atoms with van der Waals surface area (Å²) in [4.78, 5) is 20.4. The van der Waals surface area contributed by atoms with E-state index >= 15 is 0 Å². The van der Waals surface area contributed by atoms with Gasteiger partial charge in [0.05, 0.1) is 0 Å². The molecular weight excluding hydrogens is 348 g/mol. The van der Waals surface area contributed by atoms with Crippen LogP contribution in [0, 0.1) is 0 Å². The maximum atomic E-state index is 12.3. The number of nitrogens with one attached hydrogen (secondary N) is 2. The molecule has 0 spiro atoms. The molecule has 1 amide bonds. The quantitative estimate of drug-likeness (QED) is 0.668. The number of pyridine rings is 2. The smallest absolute Gasteiger partial charge is 0.270 e. The highest BCUT2D eigenvalue weighted by molar-refractivity contribution is 6.30. The van der Waals surface area contributed by atoms with Gasteiger partial charge in [-0.3, -0.25) is 14.8 Å². The number of carbonyl (C=O) groups is 1. The fraction of sp³-hybridized carbons (Fsp3) is 0.150. The number of rotatable bonds is 7. The fourth-order valence-corrected chi connectivity index (χ4v) is 2.69. The minimum atomic E-state index is -0.208. The number of carbonyl (C=O) groups excluding carboxylic acids is 1. The van der Waals surface area contributed by atoms with Gasteiger partial charge in [-0.1, -0.05) is 23.7 Å². The molecule has 2 N–H and O–H groups in total. The molecule has 26 heavy (non-hydrogen) atoms. The molecule has 0 saturated carbocycles. The number of aromatic nitrogens is 2. The largest absolute Gasteiger partial charge is 0.385 e. The van der Waals surface area contributed by atoms with Crippen molar-refractivity contribution in [3.8, 4) is 0 Å². The van der Waals surface area contributed by atoms with E-state index < -0.39 is 0 Å². The molecule has 5 nitrogen and oxygen atoms in total. The zero-order valence-corrected chi connectivity index (χ0v) is 14.9. The van der Waals surface area contributed by atoms with Gasteiger partial charge in [0.15, 0.2) is 0 Å². The molecule has 1 aromatic carbocycles. The van der Waals surface area contributed by atoms with Crippen molar-refractivity contribution in [2.24, 2.45) is 0 Å². The molecule has 0 atom stereocenters. The number of halogens is 1. The molecule has 6 heteroatoms. The number of benzene rings is 1. The van der Waals surface area contributed by atoms with Crippen molar-refractivity contribution in [1.82, 2.24) is 15.3 Å². The molecule has 0 radical (unpaired) electrons. The molecule has 0 aliphatic rings. The highest BCUT2D eigenvalue weighted by Gasteiger charge is 2.07. The molecule has 2 heterocycles. The standard InChI is InChI=1S/C20H19ClN4O/c21-17-3-1-2-15(12-17)6-10-23-18-7-11-24-19(13-18)20(26)25-14-16-4-8-22-9-5-16/h1-5,7-9,11-13H,6,10,14H2,(H,23,24)(H,25,26). The van der Waals surface area contributed by atoms with E-state index in [0.29, 0.717) is 12.2 Å². The molecule has 0 aliphatic carbocycles. The number of nitrogens with zero attached hydrogens (tertiary/aromatic N) is 2. The van der Waals surface area contributed by atoms with Crippen LogP contribution in [0.1, 0.15) is 21.6 Å². The molecule has 3 rings (SSSR count). The molecule has 2 aromatic heterocycles.